The van der Waals surface area contributed by atoms with E-state index in [1.54, 1.807) is 0 Å². The highest BCUT2D eigenvalue weighted by atomic mass is 32.1. The lowest BCUT2D eigenvalue weighted by atomic mass is 10.2. The predicted octanol–water partition coefficient (Wildman–Crippen LogP) is 4.27. The molecule has 0 atom stereocenters. The number of halogens is 4. The fourth-order valence-corrected chi connectivity index (χ4v) is 1.81. The van der Waals surface area contributed by atoms with Gasteiger partial charge in [0.1, 0.15) is 22.3 Å². The number of hydrogen-bond acceptors (Lipinski definition) is 2. The van der Waals surface area contributed by atoms with E-state index in [2.05, 4.69) is 0 Å². The fourth-order valence-electron chi connectivity index (χ4n) is 1.65. The highest BCUT2D eigenvalue weighted by Gasteiger charge is 2.30. The molecule has 0 bridgehead atoms. The molecule has 0 aromatic heterocycles. The van der Waals surface area contributed by atoms with E-state index in [-0.39, 0.29) is 22.1 Å². The molecule has 2 aromatic rings. The minimum absolute atomic E-state index is 0.0473. The zero-order valence-electron chi connectivity index (χ0n) is 10.4. The molecule has 0 spiro atoms. The molecule has 0 fully saturated rings. The van der Waals surface area contributed by atoms with Crippen molar-refractivity contribution >= 4 is 17.2 Å². The Kier molecular flexibility index (Phi) is 4.13. The van der Waals surface area contributed by atoms with E-state index < -0.39 is 17.6 Å². The molecule has 0 saturated heterocycles. The third-order valence-electron chi connectivity index (χ3n) is 2.60. The third-order valence-corrected chi connectivity index (χ3v) is 2.82. The van der Waals surface area contributed by atoms with Crippen LogP contribution in [-0.4, -0.2) is 4.99 Å². The second-order valence-corrected chi connectivity index (χ2v) is 4.57. The average Bonchev–Trinajstić information content (AvgIpc) is 2.40. The summed E-state index contributed by atoms with van der Waals surface area (Å²) >= 11 is 4.76. The number of hydrogen-bond donors (Lipinski definition) is 1. The van der Waals surface area contributed by atoms with Gasteiger partial charge in [-0.3, -0.25) is 0 Å². The molecule has 2 nitrogen and oxygen atoms in total. The van der Waals surface area contributed by atoms with Crippen LogP contribution in [0.1, 0.15) is 11.1 Å². The average molecular weight is 315 g/mol. The Morgan fingerprint density at radius 1 is 1.10 bits per heavy atom. The van der Waals surface area contributed by atoms with Gasteiger partial charge in [-0.25, -0.2) is 4.39 Å². The van der Waals surface area contributed by atoms with E-state index in [4.69, 9.17) is 22.7 Å². The van der Waals surface area contributed by atoms with Gasteiger partial charge in [0.25, 0.3) is 0 Å². The lowest BCUT2D eigenvalue weighted by Gasteiger charge is -2.12. The van der Waals surface area contributed by atoms with Gasteiger partial charge < -0.3 is 10.5 Å². The van der Waals surface area contributed by atoms with Crippen LogP contribution in [0, 0.1) is 5.82 Å². The maximum absolute atomic E-state index is 13.1. The number of nitrogens with two attached hydrogens (primary N) is 1. The molecule has 0 amide bonds. The first-order valence-corrected chi connectivity index (χ1v) is 6.12. The van der Waals surface area contributed by atoms with E-state index in [0.717, 1.165) is 24.3 Å². The Labute approximate surface area is 123 Å². The zero-order chi connectivity index (χ0) is 15.6. The summed E-state index contributed by atoms with van der Waals surface area (Å²) in [4.78, 5) is -0.114. The molecule has 21 heavy (non-hydrogen) atoms. The Morgan fingerprint density at radius 3 is 2.43 bits per heavy atom. The smallest absolute Gasteiger partial charge is 0.416 e. The van der Waals surface area contributed by atoms with Gasteiger partial charge in [0, 0.05) is 0 Å². The quantitative estimate of drug-likeness (QED) is 0.678. The van der Waals surface area contributed by atoms with Crippen molar-refractivity contribution in [2.24, 2.45) is 5.73 Å². The van der Waals surface area contributed by atoms with Gasteiger partial charge in [0.05, 0.1) is 11.1 Å². The van der Waals surface area contributed by atoms with Crippen molar-refractivity contribution in [3.63, 3.8) is 0 Å². The predicted molar refractivity (Wildman–Crippen MR) is 73.8 cm³/mol. The van der Waals surface area contributed by atoms with Gasteiger partial charge in [-0.2, -0.15) is 13.2 Å². The monoisotopic (exact) mass is 315 g/mol. The van der Waals surface area contributed by atoms with Crippen molar-refractivity contribution in [3.05, 3.63) is 59.4 Å². The van der Waals surface area contributed by atoms with Gasteiger partial charge in [0.15, 0.2) is 0 Å². The summed E-state index contributed by atoms with van der Waals surface area (Å²) in [5.74, 6) is -0.536. The lowest BCUT2D eigenvalue weighted by molar-refractivity contribution is -0.137. The minimum Gasteiger partial charge on any atom is -0.457 e. The van der Waals surface area contributed by atoms with E-state index in [1.165, 1.54) is 18.2 Å². The second-order valence-electron chi connectivity index (χ2n) is 4.13. The minimum atomic E-state index is -4.48. The zero-order valence-corrected chi connectivity index (χ0v) is 11.3. The van der Waals surface area contributed by atoms with Crippen LogP contribution in [0.25, 0.3) is 0 Å². The Hall–Kier alpha value is -2.15. The highest BCUT2D eigenvalue weighted by Crippen LogP contribution is 2.33. The summed E-state index contributed by atoms with van der Waals surface area (Å²) in [5.41, 5.74) is 4.71. The summed E-state index contributed by atoms with van der Waals surface area (Å²) in [6.45, 7) is 0. The normalized spacial score (nSPS) is 11.2. The van der Waals surface area contributed by atoms with Gasteiger partial charge in [-0.05, 0) is 36.4 Å². The van der Waals surface area contributed by atoms with Crippen molar-refractivity contribution in [1.29, 1.82) is 0 Å². The van der Waals surface area contributed by atoms with Crippen LogP contribution in [0.5, 0.6) is 11.5 Å². The number of ether oxygens (including phenoxy) is 1. The molecule has 7 heteroatoms. The Bertz CT molecular complexity index is 685. The molecule has 0 heterocycles. The maximum atomic E-state index is 13.1. The Morgan fingerprint density at radius 2 is 1.81 bits per heavy atom. The van der Waals surface area contributed by atoms with Crippen molar-refractivity contribution < 1.29 is 22.3 Å². The Balaban J connectivity index is 2.37. The molecule has 0 aliphatic carbocycles. The van der Waals surface area contributed by atoms with Crippen LogP contribution in [-0.2, 0) is 6.18 Å². The van der Waals surface area contributed by atoms with Crippen molar-refractivity contribution in [3.8, 4) is 11.5 Å². The number of alkyl halides is 3. The van der Waals surface area contributed by atoms with Gasteiger partial charge in [-0.1, -0.05) is 18.3 Å². The number of thiocarbonyl (C=S) groups is 1. The standard InChI is InChI=1S/C14H9F4NOS/c15-9-4-5-12(11(7-9)13(19)21)20-10-3-1-2-8(6-10)14(16,17)18/h1-7H,(H2,19,21). The first kappa shape index (κ1) is 15.2. The summed E-state index contributed by atoms with van der Waals surface area (Å²) < 4.78 is 56.3. The molecular weight excluding hydrogens is 306 g/mol. The third kappa shape index (κ3) is 3.69. The van der Waals surface area contributed by atoms with Crippen LogP contribution in [0.3, 0.4) is 0 Å². The van der Waals surface area contributed by atoms with Crippen LogP contribution < -0.4 is 10.5 Å². The van der Waals surface area contributed by atoms with E-state index in [9.17, 15) is 17.6 Å². The van der Waals surface area contributed by atoms with Crippen LogP contribution in [0.2, 0.25) is 0 Å². The summed E-state index contributed by atoms with van der Waals surface area (Å²) in [6.07, 6.45) is -4.48. The molecule has 110 valence electrons. The van der Waals surface area contributed by atoms with Crippen LogP contribution >= 0.6 is 12.2 Å². The van der Waals surface area contributed by atoms with Crippen molar-refractivity contribution in [2.75, 3.05) is 0 Å². The summed E-state index contributed by atoms with van der Waals surface area (Å²) in [5, 5.41) is 0. The largest absolute Gasteiger partial charge is 0.457 e. The van der Waals surface area contributed by atoms with Crippen LogP contribution in [0.15, 0.2) is 42.5 Å². The lowest BCUT2D eigenvalue weighted by Crippen LogP contribution is -2.11. The maximum Gasteiger partial charge on any atom is 0.416 e. The van der Waals surface area contributed by atoms with E-state index in [0.29, 0.717) is 0 Å². The fraction of sp³-hybridized carbons (Fsp3) is 0.0714. The number of benzene rings is 2. The SMILES string of the molecule is NC(=S)c1cc(F)ccc1Oc1cccc(C(F)(F)F)c1. The topological polar surface area (TPSA) is 35.2 Å². The molecule has 2 rings (SSSR count). The van der Waals surface area contributed by atoms with Crippen LogP contribution in [0.4, 0.5) is 17.6 Å². The molecule has 0 aliphatic heterocycles. The second kappa shape index (κ2) is 5.69. The first-order valence-electron chi connectivity index (χ1n) is 5.72. The molecule has 2 aromatic carbocycles. The molecule has 0 unspecified atom stereocenters. The van der Waals surface area contributed by atoms with Crippen molar-refractivity contribution in [1.82, 2.24) is 0 Å². The summed E-state index contributed by atoms with van der Waals surface area (Å²) in [7, 11) is 0. The van der Waals surface area contributed by atoms with Gasteiger partial charge in [0.2, 0.25) is 0 Å². The van der Waals surface area contributed by atoms with Gasteiger partial charge in [-0.15, -0.1) is 0 Å². The molecule has 0 saturated carbocycles. The van der Waals surface area contributed by atoms with E-state index >= 15 is 0 Å². The van der Waals surface area contributed by atoms with E-state index in [1.807, 2.05) is 0 Å². The number of rotatable bonds is 3. The van der Waals surface area contributed by atoms with Gasteiger partial charge >= 0.3 is 6.18 Å². The molecular formula is C14H9F4NOS. The molecule has 2 N–H and O–H groups in total. The summed E-state index contributed by atoms with van der Waals surface area (Å²) in [6, 6.07) is 7.74. The van der Waals surface area contributed by atoms with Crippen molar-refractivity contribution in [2.45, 2.75) is 6.18 Å². The first-order chi connectivity index (χ1) is 9.77. The molecule has 0 aliphatic rings. The molecule has 0 radical (unpaired) electrons. The highest BCUT2D eigenvalue weighted by molar-refractivity contribution is 7.80.